The van der Waals surface area contributed by atoms with Crippen LogP contribution in [0.3, 0.4) is 0 Å². The highest BCUT2D eigenvalue weighted by atomic mass is 16.6. The molecular formula is C71H124O6. The Morgan fingerprint density at radius 2 is 0.506 bits per heavy atom. The normalized spacial score (nSPS) is 12.6. The fraction of sp³-hybridized carbons (Fsp3) is 0.761. The van der Waals surface area contributed by atoms with Crippen molar-refractivity contribution < 1.29 is 28.6 Å². The predicted octanol–water partition coefficient (Wildman–Crippen LogP) is 22.7. The van der Waals surface area contributed by atoms with E-state index in [2.05, 4.69) is 106 Å². The molecule has 0 aliphatic heterocycles. The monoisotopic (exact) mass is 1070 g/mol. The Morgan fingerprint density at radius 3 is 0.857 bits per heavy atom. The van der Waals surface area contributed by atoms with Gasteiger partial charge in [-0.2, -0.15) is 0 Å². The van der Waals surface area contributed by atoms with Crippen molar-refractivity contribution in [3.63, 3.8) is 0 Å². The van der Waals surface area contributed by atoms with Crippen LogP contribution in [0, 0.1) is 0 Å². The zero-order chi connectivity index (χ0) is 55.7. The predicted molar refractivity (Wildman–Crippen MR) is 334 cm³/mol. The van der Waals surface area contributed by atoms with E-state index < -0.39 is 6.10 Å². The first-order valence-corrected chi connectivity index (χ1v) is 33.1. The lowest BCUT2D eigenvalue weighted by Gasteiger charge is -2.18. The number of hydrogen-bond donors (Lipinski definition) is 0. The zero-order valence-corrected chi connectivity index (χ0v) is 51.0. The minimum atomic E-state index is -0.803. The van der Waals surface area contributed by atoms with Crippen LogP contribution in [0.1, 0.15) is 329 Å². The van der Waals surface area contributed by atoms with Crippen molar-refractivity contribution in [3.8, 4) is 0 Å². The van der Waals surface area contributed by atoms with E-state index in [0.717, 1.165) is 96.3 Å². The largest absolute Gasteiger partial charge is 0.462 e. The Labute approximate surface area is 477 Å². The third kappa shape index (κ3) is 63.3. The van der Waals surface area contributed by atoms with Crippen molar-refractivity contribution in [2.24, 2.45) is 0 Å². The molecule has 0 spiro atoms. The Kier molecular flexibility index (Phi) is 62.2. The van der Waals surface area contributed by atoms with Crippen LogP contribution in [0.5, 0.6) is 0 Å². The summed E-state index contributed by atoms with van der Waals surface area (Å²) in [5.41, 5.74) is 0. The van der Waals surface area contributed by atoms with E-state index in [4.69, 9.17) is 14.2 Å². The number of ether oxygens (including phenoxy) is 3. The molecule has 0 aromatic carbocycles. The summed E-state index contributed by atoms with van der Waals surface area (Å²) in [6.07, 6.45) is 86.1. The molecule has 444 valence electrons. The number of rotatable bonds is 60. The Hall–Kier alpha value is -3.41. The SMILES string of the molecule is CC/C=C\C/C=C\C/C=C\C/C=C\C/C=C\C/C=C\CCCCC(=O)OC(COC(=O)CCCCCCC/C=C\CCCCC)COC(=O)CCCCCCCCCCCCCCCCCCCCCCCCCCCC. The van der Waals surface area contributed by atoms with Gasteiger partial charge in [0.2, 0.25) is 0 Å². The lowest BCUT2D eigenvalue weighted by molar-refractivity contribution is -0.167. The van der Waals surface area contributed by atoms with Gasteiger partial charge in [-0.25, -0.2) is 0 Å². The summed E-state index contributed by atoms with van der Waals surface area (Å²) in [5, 5.41) is 0. The fourth-order valence-corrected chi connectivity index (χ4v) is 9.44. The first-order valence-electron chi connectivity index (χ1n) is 33.1. The number of unbranched alkanes of at least 4 members (excludes halogenated alkanes) is 35. The third-order valence-electron chi connectivity index (χ3n) is 14.4. The maximum absolute atomic E-state index is 12.9. The van der Waals surface area contributed by atoms with Crippen LogP contribution in [0.2, 0.25) is 0 Å². The van der Waals surface area contributed by atoms with Crippen LogP contribution in [0.15, 0.2) is 85.1 Å². The van der Waals surface area contributed by atoms with Gasteiger partial charge in [0.05, 0.1) is 0 Å². The average molecular weight is 1070 g/mol. The molecule has 0 aliphatic carbocycles. The highest BCUT2D eigenvalue weighted by molar-refractivity contribution is 5.71. The summed E-state index contributed by atoms with van der Waals surface area (Å²) < 4.78 is 16.9. The summed E-state index contributed by atoms with van der Waals surface area (Å²) in [6, 6.07) is 0. The first-order chi connectivity index (χ1) is 38.0. The minimum Gasteiger partial charge on any atom is -0.462 e. The summed E-state index contributed by atoms with van der Waals surface area (Å²) in [4.78, 5) is 38.3. The molecule has 0 saturated carbocycles. The van der Waals surface area contributed by atoms with Crippen molar-refractivity contribution in [2.75, 3.05) is 13.2 Å². The van der Waals surface area contributed by atoms with Crippen molar-refractivity contribution in [1.82, 2.24) is 0 Å². The molecule has 0 aromatic rings. The van der Waals surface area contributed by atoms with Crippen LogP contribution in [-0.2, 0) is 28.6 Å². The fourth-order valence-electron chi connectivity index (χ4n) is 9.44. The van der Waals surface area contributed by atoms with Gasteiger partial charge in [0.25, 0.3) is 0 Å². The molecule has 77 heavy (non-hydrogen) atoms. The molecule has 0 saturated heterocycles. The van der Waals surface area contributed by atoms with Crippen LogP contribution in [0.25, 0.3) is 0 Å². The standard InChI is InChI=1S/C71H124O6/c1-4-7-10-13-16-19-22-25-27-29-31-33-34-35-36-37-39-40-42-44-46-49-52-55-58-61-64-70(73)76-67-68(66-75-69(72)63-60-57-54-51-48-24-21-18-15-12-9-6-3)77-71(74)65-62-59-56-53-50-47-45-43-41-38-32-30-28-26-23-20-17-14-11-8-5-2/h8,11,17-18,20-21,26,28,32,38,43,45,50,53,68H,4-7,9-10,12-16,19,22-25,27,29-31,33-37,39-42,44,46-49,51-52,54-67H2,1-3H3/b11-8-,20-17-,21-18-,28-26-,38-32-,45-43-,53-50-. The summed E-state index contributed by atoms with van der Waals surface area (Å²) in [7, 11) is 0. The maximum Gasteiger partial charge on any atom is 0.306 e. The van der Waals surface area contributed by atoms with Gasteiger partial charge in [-0.1, -0.05) is 298 Å². The molecule has 0 radical (unpaired) electrons. The first kappa shape index (κ1) is 73.6. The van der Waals surface area contributed by atoms with E-state index in [9.17, 15) is 14.4 Å². The van der Waals surface area contributed by atoms with Gasteiger partial charge in [0.1, 0.15) is 13.2 Å². The van der Waals surface area contributed by atoms with Crippen LogP contribution < -0.4 is 0 Å². The van der Waals surface area contributed by atoms with Crippen LogP contribution in [0.4, 0.5) is 0 Å². The zero-order valence-electron chi connectivity index (χ0n) is 51.0. The van der Waals surface area contributed by atoms with E-state index in [1.165, 1.54) is 186 Å². The Bertz CT molecular complexity index is 1470. The van der Waals surface area contributed by atoms with Gasteiger partial charge >= 0.3 is 17.9 Å². The maximum atomic E-state index is 12.9. The van der Waals surface area contributed by atoms with Crippen molar-refractivity contribution >= 4 is 17.9 Å². The summed E-state index contributed by atoms with van der Waals surface area (Å²) in [6.45, 7) is 6.50. The van der Waals surface area contributed by atoms with Crippen molar-refractivity contribution in [1.29, 1.82) is 0 Å². The van der Waals surface area contributed by atoms with E-state index in [-0.39, 0.29) is 37.5 Å². The molecule has 0 aliphatic rings. The highest BCUT2D eigenvalue weighted by Crippen LogP contribution is 2.17. The van der Waals surface area contributed by atoms with E-state index in [1.54, 1.807) is 0 Å². The van der Waals surface area contributed by atoms with Gasteiger partial charge in [0.15, 0.2) is 6.10 Å². The number of carbonyl (C=O) groups is 3. The molecule has 0 bridgehead atoms. The van der Waals surface area contributed by atoms with E-state index in [0.29, 0.717) is 19.3 Å². The minimum absolute atomic E-state index is 0.0943. The lowest BCUT2D eigenvalue weighted by Crippen LogP contribution is -2.30. The molecule has 6 nitrogen and oxygen atoms in total. The third-order valence-corrected chi connectivity index (χ3v) is 14.4. The van der Waals surface area contributed by atoms with Crippen LogP contribution >= 0.6 is 0 Å². The highest BCUT2D eigenvalue weighted by Gasteiger charge is 2.19. The molecule has 0 fully saturated rings. The lowest BCUT2D eigenvalue weighted by atomic mass is 10.0. The van der Waals surface area contributed by atoms with Gasteiger partial charge in [-0.05, 0) is 96.3 Å². The molecule has 0 N–H and O–H groups in total. The average Bonchev–Trinajstić information content (AvgIpc) is 3.43. The Morgan fingerprint density at radius 1 is 0.273 bits per heavy atom. The number of esters is 3. The van der Waals surface area contributed by atoms with E-state index in [1.807, 2.05) is 0 Å². The van der Waals surface area contributed by atoms with Crippen molar-refractivity contribution in [3.05, 3.63) is 85.1 Å². The van der Waals surface area contributed by atoms with Crippen molar-refractivity contribution in [2.45, 2.75) is 335 Å². The second kappa shape index (κ2) is 65.1. The van der Waals surface area contributed by atoms with Crippen LogP contribution in [-0.4, -0.2) is 37.2 Å². The topological polar surface area (TPSA) is 78.9 Å². The van der Waals surface area contributed by atoms with Gasteiger partial charge in [-0.3, -0.25) is 14.4 Å². The molecule has 0 rings (SSSR count). The second-order valence-electron chi connectivity index (χ2n) is 22.0. The van der Waals surface area contributed by atoms with E-state index >= 15 is 0 Å². The van der Waals surface area contributed by atoms with Gasteiger partial charge in [-0.15, -0.1) is 0 Å². The smallest absolute Gasteiger partial charge is 0.306 e. The number of carbonyl (C=O) groups excluding carboxylic acids is 3. The second-order valence-corrected chi connectivity index (χ2v) is 22.0. The van der Waals surface area contributed by atoms with Gasteiger partial charge < -0.3 is 14.2 Å². The molecule has 0 aromatic heterocycles. The number of hydrogen-bond acceptors (Lipinski definition) is 6. The molecule has 1 unspecified atom stereocenters. The molecule has 0 heterocycles. The molecule has 1 atom stereocenters. The molecule has 6 heteroatoms. The number of allylic oxidation sites excluding steroid dienone is 14. The molecule has 0 amide bonds. The quantitative estimate of drug-likeness (QED) is 0.0261. The molecular weight excluding hydrogens is 949 g/mol. The Balaban J connectivity index is 4.31. The summed E-state index contributed by atoms with van der Waals surface area (Å²) >= 11 is 0. The summed E-state index contributed by atoms with van der Waals surface area (Å²) in [5.74, 6) is -0.935. The van der Waals surface area contributed by atoms with Gasteiger partial charge in [0, 0.05) is 19.3 Å².